The number of sulfonamides is 1. The molecule has 1 aromatic carbocycles. The lowest BCUT2D eigenvalue weighted by molar-refractivity contribution is -0.335. The zero-order chi connectivity index (χ0) is 16.4. The van der Waals surface area contributed by atoms with E-state index >= 15 is 0 Å². The first kappa shape index (κ1) is 15.6. The third-order valence-electron chi connectivity index (χ3n) is 3.82. The second-order valence-corrected chi connectivity index (χ2v) is 7.24. The van der Waals surface area contributed by atoms with Crippen molar-refractivity contribution < 1.29 is 13.5 Å². The van der Waals surface area contributed by atoms with Crippen LogP contribution >= 0.6 is 0 Å². The Labute approximate surface area is 136 Å². The van der Waals surface area contributed by atoms with Crippen LogP contribution in [0.5, 0.6) is 0 Å². The summed E-state index contributed by atoms with van der Waals surface area (Å²) >= 11 is 0. The first-order valence-corrected chi connectivity index (χ1v) is 9.17. The zero-order valence-electron chi connectivity index (χ0n) is 12.8. The van der Waals surface area contributed by atoms with E-state index in [0.717, 1.165) is 18.2 Å². The Morgan fingerprint density at radius 1 is 1.17 bits per heavy atom. The van der Waals surface area contributed by atoms with Crippen molar-refractivity contribution in [1.29, 1.82) is 0 Å². The lowest BCUT2D eigenvalue weighted by Gasteiger charge is -2.37. The van der Waals surface area contributed by atoms with Gasteiger partial charge in [-0.1, -0.05) is 42.5 Å². The minimum atomic E-state index is -3.56. The van der Waals surface area contributed by atoms with Gasteiger partial charge in [0.25, 0.3) is 10.0 Å². The summed E-state index contributed by atoms with van der Waals surface area (Å²) in [5, 5.41) is 12.8. The Hall–Kier alpha value is -2.34. The van der Waals surface area contributed by atoms with Gasteiger partial charge in [-0.05, 0) is 29.5 Å². The van der Waals surface area contributed by atoms with Gasteiger partial charge in [-0.2, -0.15) is 4.40 Å². The standard InChI is InChI=1S/C17H18N2O3S/c1-23(21,22)18-16-9-5-4-8-15(16)17(20)19-11-10-13-6-2-3-7-14(13)12-19/h2-9,20H,10-12H2,1H3/p-1. The van der Waals surface area contributed by atoms with Gasteiger partial charge in [0.2, 0.25) is 0 Å². The maximum atomic E-state index is 12.8. The summed E-state index contributed by atoms with van der Waals surface area (Å²) in [7, 11) is -3.56. The smallest absolute Gasteiger partial charge is 0.250 e. The second kappa shape index (κ2) is 6.04. The van der Waals surface area contributed by atoms with Crippen LogP contribution in [0.2, 0.25) is 0 Å². The fraction of sp³-hybridized carbons (Fsp3) is 0.235. The predicted octanol–water partition coefficient (Wildman–Crippen LogP) is 1.14. The van der Waals surface area contributed by atoms with E-state index in [2.05, 4.69) is 10.5 Å². The minimum absolute atomic E-state index is 0.192. The molecule has 5 nitrogen and oxygen atoms in total. The molecule has 0 saturated carbocycles. The molecular weight excluding hydrogens is 312 g/mol. The molecule has 0 saturated heterocycles. The van der Waals surface area contributed by atoms with Crippen LogP contribution in [-0.4, -0.2) is 31.8 Å². The number of fused-ring (bicyclic) bond motifs is 1. The van der Waals surface area contributed by atoms with Crippen molar-refractivity contribution in [3.05, 3.63) is 71.2 Å². The monoisotopic (exact) mass is 329 g/mol. The van der Waals surface area contributed by atoms with E-state index in [9.17, 15) is 13.5 Å². The first-order chi connectivity index (χ1) is 10.9. The maximum Gasteiger partial charge on any atom is 0.250 e. The summed E-state index contributed by atoms with van der Waals surface area (Å²) in [5.41, 5.74) is 2.89. The van der Waals surface area contributed by atoms with Crippen molar-refractivity contribution in [2.24, 2.45) is 4.40 Å². The summed E-state index contributed by atoms with van der Waals surface area (Å²) in [4.78, 5) is 1.74. The SMILES string of the molecule is CS(=O)(=O)N=C1C=CC=CC1=C([O-])N1CCc2ccccc2C1. The van der Waals surface area contributed by atoms with Crippen LogP contribution in [0.4, 0.5) is 0 Å². The van der Waals surface area contributed by atoms with E-state index < -0.39 is 10.0 Å². The number of benzene rings is 1. The quantitative estimate of drug-likeness (QED) is 0.763. The highest BCUT2D eigenvalue weighted by atomic mass is 32.2. The molecule has 0 bridgehead atoms. The van der Waals surface area contributed by atoms with Gasteiger partial charge in [0.1, 0.15) is 0 Å². The van der Waals surface area contributed by atoms with E-state index in [1.165, 1.54) is 5.56 Å². The van der Waals surface area contributed by atoms with Gasteiger partial charge >= 0.3 is 0 Å². The molecule has 2 aliphatic rings. The summed E-state index contributed by atoms with van der Waals surface area (Å²) in [6, 6.07) is 8.04. The van der Waals surface area contributed by atoms with Crippen molar-refractivity contribution in [1.82, 2.24) is 4.90 Å². The lowest BCUT2D eigenvalue weighted by atomic mass is 9.99. The Kier molecular flexibility index (Phi) is 4.09. The summed E-state index contributed by atoms with van der Waals surface area (Å²) in [5.74, 6) is -0.192. The third-order valence-corrected chi connectivity index (χ3v) is 4.34. The fourth-order valence-corrected chi connectivity index (χ4v) is 3.27. The summed E-state index contributed by atoms with van der Waals surface area (Å²) < 4.78 is 26.5. The second-order valence-electron chi connectivity index (χ2n) is 5.59. The Morgan fingerprint density at radius 2 is 1.87 bits per heavy atom. The van der Waals surface area contributed by atoms with Crippen LogP contribution in [0, 0.1) is 0 Å². The molecule has 1 aromatic rings. The van der Waals surface area contributed by atoms with Crippen LogP contribution in [-0.2, 0) is 23.0 Å². The molecule has 1 aliphatic heterocycles. The molecule has 0 radical (unpaired) electrons. The van der Waals surface area contributed by atoms with Crippen LogP contribution in [0.15, 0.2) is 64.4 Å². The van der Waals surface area contributed by atoms with Crippen LogP contribution in [0.25, 0.3) is 0 Å². The molecule has 0 fully saturated rings. The van der Waals surface area contributed by atoms with Gasteiger partial charge in [0.05, 0.1) is 12.0 Å². The molecule has 23 heavy (non-hydrogen) atoms. The van der Waals surface area contributed by atoms with Crippen molar-refractivity contribution >= 4 is 15.7 Å². The molecule has 0 amide bonds. The van der Waals surface area contributed by atoms with Crippen LogP contribution < -0.4 is 5.11 Å². The Morgan fingerprint density at radius 3 is 2.61 bits per heavy atom. The molecule has 6 heteroatoms. The summed E-state index contributed by atoms with van der Waals surface area (Å²) in [6.07, 6.45) is 8.37. The van der Waals surface area contributed by atoms with Crippen LogP contribution in [0.1, 0.15) is 11.1 Å². The summed E-state index contributed by atoms with van der Waals surface area (Å²) in [6.45, 7) is 1.14. The van der Waals surface area contributed by atoms with E-state index in [1.807, 2.05) is 18.2 Å². The number of rotatable bonds is 2. The van der Waals surface area contributed by atoms with E-state index in [-0.39, 0.29) is 11.6 Å². The number of hydrogen-bond acceptors (Lipinski definition) is 4. The molecule has 3 rings (SSSR count). The van der Waals surface area contributed by atoms with Crippen molar-refractivity contribution in [3.8, 4) is 0 Å². The largest absolute Gasteiger partial charge is 0.860 e. The van der Waals surface area contributed by atoms with E-state index in [1.54, 1.807) is 29.2 Å². The zero-order valence-corrected chi connectivity index (χ0v) is 13.6. The molecule has 120 valence electrons. The van der Waals surface area contributed by atoms with Gasteiger partial charge in [0.15, 0.2) is 0 Å². The topological polar surface area (TPSA) is 72.8 Å². The lowest BCUT2D eigenvalue weighted by Crippen LogP contribution is -2.36. The van der Waals surface area contributed by atoms with Crippen molar-refractivity contribution in [2.45, 2.75) is 13.0 Å². The van der Waals surface area contributed by atoms with Gasteiger partial charge in [-0.3, -0.25) is 0 Å². The number of allylic oxidation sites excluding steroid dienone is 5. The predicted molar refractivity (Wildman–Crippen MR) is 88.1 cm³/mol. The average Bonchev–Trinajstić information content (AvgIpc) is 2.53. The normalized spacial score (nSPS) is 21.4. The minimum Gasteiger partial charge on any atom is -0.860 e. The first-order valence-electron chi connectivity index (χ1n) is 7.32. The highest BCUT2D eigenvalue weighted by Crippen LogP contribution is 2.23. The molecule has 0 spiro atoms. The highest BCUT2D eigenvalue weighted by molar-refractivity contribution is 7.89. The molecular formula is C17H17N2O3S-. The Bertz CT molecular complexity index is 848. The number of nitrogens with zero attached hydrogens (tertiary/aromatic N) is 2. The Balaban J connectivity index is 1.96. The van der Waals surface area contributed by atoms with Gasteiger partial charge in [-0.25, -0.2) is 8.42 Å². The third kappa shape index (κ3) is 3.53. The molecule has 1 aliphatic carbocycles. The molecule has 0 atom stereocenters. The molecule has 1 heterocycles. The van der Waals surface area contributed by atoms with Crippen molar-refractivity contribution in [3.63, 3.8) is 0 Å². The fourth-order valence-electron chi connectivity index (χ4n) is 2.75. The van der Waals surface area contributed by atoms with Gasteiger partial charge < -0.3 is 10.0 Å². The highest BCUT2D eigenvalue weighted by Gasteiger charge is 2.17. The number of hydrogen-bond donors (Lipinski definition) is 0. The average molecular weight is 329 g/mol. The van der Waals surface area contributed by atoms with Gasteiger partial charge in [0, 0.05) is 18.7 Å². The molecule has 0 aromatic heterocycles. The van der Waals surface area contributed by atoms with Gasteiger partial charge in [-0.15, -0.1) is 0 Å². The van der Waals surface area contributed by atoms with Crippen LogP contribution in [0.3, 0.4) is 0 Å². The molecule has 0 N–H and O–H groups in total. The molecule has 0 unspecified atom stereocenters. The van der Waals surface area contributed by atoms with E-state index in [4.69, 9.17) is 0 Å². The maximum absolute atomic E-state index is 12.8. The van der Waals surface area contributed by atoms with E-state index in [0.29, 0.717) is 18.7 Å². The van der Waals surface area contributed by atoms with Crippen molar-refractivity contribution in [2.75, 3.05) is 12.8 Å².